The highest BCUT2D eigenvalue weighted by atomic mass is 19.1. The van der Waals surface area contributed by atoms with Crippen LogP contribution >= 0.6 is 0 Å². The molecule has 0 aromatic heterocycles. The van der Waals surface area contributed by atoms with E-state index in [0.29, 0.717) is 24.0 Å². The maximum atomic E-state index is 13.1. The summed E-state index contributed by atoms with van der Waals surface area (Å²) in [7, 11) is 0. The molecule has 0 spiro atoms. The Kier molecular flexibility index (Phi) is 5.83. The number of nitrogens with one attached hydrogen (secondary N) is 2. The third-order valence-corrected chi connectivity index (χ3v) is 2.98. The number of hydrogen-bond acceptors (Lipinski definition) is 3. The lowest BCUT2D eigenvalue weighted by Gasteiger charge is -2.08. The van der Waals surface area contributed by atoms with Gasteiger partial charge < -0.3 is 15.4 Å². The van der Waals surface area contributed by atoms with Gasteiger partial charge in [0.2, 0.25) is 0 Å². The van der Waals surface area contributed by atoms with Gasteiger partial charge in [-0.05, 0) is 43.3 Å². The first kappa shape index (κ1) is 17.4. The van der Waals surface area contributed by atoms with E-state index >= 15 is 0 Å². The fourth-order valence-electron chi connectivity index (χ4n) is 1.92. The molecule has 24 heavy (non-hydrogen) atoms. The molecule has 0 heterocycles. The van der Waals surface area contributed by atoms with Crippen molar-refractivity contribution < 1.29 is 23.1 Å². The van der Waals surface area contributed by atoms with Crippen molar-refractivity contribution in [3.63, 3.8) is 0 Å². The Balaban J connectivity index is 1.95. The molecular weight excluding hydrogens is 318 g/mol. The molecule has 0 fully saturated rings. The molecule has 0 atom stereocenters. The predicted molar refractivity (Wildman–Crippen MR) is 84.9 cm³/mol. The van der Waals surface area contributed by atoms with Gasteiger partial charge in [0.25, 0.3) is 11.8 Å². The van der Waals surface area contributed by atoms with Crippen LogP contribution < -0.4 is 15.4 Å². The quantitative estimate of drug-likeness (QED) is 0.853. The Morgan fingerprint density at radius 2 is 1.67 bits per heavy atom. The van der Waals surface area contributed by atoms with E-state index in [-0.39, 0.29) is 18.1 Å². The summed E-state index contributed by atoms with van der Waals surface area (Å²) in [4.78, 5) is 23.2. The zero-order valence-electron chi connectivity index (χ0n) is 12.9. The van der Waals surface area contributed by atoms with Crippen LogP contribution in [0, 0.1) is 11.6 Å². The van der Waals surface area contributed by atoms with Crippen LogP contribution in [0.2, 0.25) is 0 Å². The summed E-state index contributed by atoms with van der Waals surface area (Å²) in [6, 6.07) is 8.84. The van der Waals surface area contributed by atoms with Crippen LogP contribution in [-0.4, -0.2) is 25.0 Å². The second kappa shape index (κ2) is 8.05. The summed E-state index contributed by atoms with van der Waals surface area (Å²) in [6.45, 7) is 2.22. The average molecular weight is 334 g/mol. The second-order valence-electron chi connectivity index (χ2n) is 4.88. The van der Waals surface area contributed by atoms with Crippen molar-refractivity contribution in [2.45, 2.75) is 6.92 Å². The van der Waals surface area contributed by atoms with Gasteiger partial charge in [-0.25, -0.2) is 8.78 Å². The van der Waals surface area contributed by atoms with Crippen LogP contribution in [0.1, 0.15) is 17.3 Å². The summed E-state index contributed by atoms with van der Waals surface area (Å²) >= 11 is 0. The monoisotopic (exact) mass is 334 g/mol. The maximum absolute atomic E-state index is 13.1. The molecule has 0 unspecified atom stereocenters. The summed E-state index contributed by atoms with van der Waals surface area (Å²) < 4.78 is 31.5. The summed E-state index contributed by atoms with van der Waals surface area (Å²) in [5.74, 6) is -2.06. The van der Waals surface area contributed by atoms with E-state index in [1.165, 1.54) is 0 Å². The zero-order chi connectivity index (χ0) is 17.5. The Labute approximate surface area is 137 Å². The first-order valence-corrected chi connectivity index (χ1v) is 7.25. The molecule has 5 nitrogen and oxygen atoms in total. The standard InChI is InChI=1S/C17H16F2N2O3/c1-2-20-16(22)10-24-15-5-3-14(4-6-15)21-17(23)11-7-12(18)9-13(19)8-11/h3-9H,2,10H2,1H3,(H,20,22)(H,21,23). The minimum Gasteiger partial charge on any atom is -0.484 e. The Hall–Kier alpha value is -2.96. The van der Waals surface area contributed by atoms with Crippen molar-refractivity contribution in [1.82, 2.24) is 5.32 Å². The molecule has 0 bridgehead atoms. The van der Waals surface area contributed by atoms with E-state index in [9.17, 15) is 18.4 Å². The summed E-state index contributed by atoms with van der Waals surface area (Å²) in [5, 5.41) is 5.12. The molecule has 2 aromatic rings. The van der Waals surface area contributed by atoms with Gasteiger partial charge in [-0.15, -0.1) is 0 Å². The van der Waals surface area contributed by atoms with Crippen molar-refractivity contribution in [3.8, 4) is 5.75 Å². The highest BCUT2D eigenvalue weighted by molar-refractivity contribution is 6.04. The van der Waals surface area contributed by atoms with E-state index < -0.39 is 17.5 Å². The summed E-state index contributed by atoms with van der Waals surface area (Å²) in [6.07, 6.45) is 0. The third-order valence-electron chi connectivity index (χ3n) is 2.98. The van der Waals surface area contributed by atoms with Crippen LogP contribution in [-0.2, 0) is 4.79 Å². The van der Waals surface area contributed by atoms with Crippen molar-refractivity contribution in [1.29, 1.82) is 0 Å². The molecule has 0 aliphatic rings. The van der Waals surface area contributed by atoms with Gasteiger partial charge in [-0.1, -0.05) is 0 Å². The number of carbonyl (C=O) groups is 2. The van der Waals surface area contributed by atoms with E-state index in [1.54, 1.807) is 31.2 Å². The molecule has 0 saturated heterocycles. The molecule has 7 heteroatoms. The van der Waals surface area contributed by atoms with Gasteiger partial charge in [0.05, 0.1) is 0 Å². The molecule has 2 rings (SSSR count). The Morgan fingerprint density at radius 3 is 2.25 bits per heavy atom. The van der Waals surface area contributed by atoms with Crippen LogP contribution in [0.3, 0.4) is 0 Å². The van der Waals surface area contributed by atoms with Crippen LogP contribution in [0.5, 0.6) is 5.75 Å². The molecular formula is C17H16F2N2O3. The predicted octanol–water partition coefficient (Wildman–Crippen LogP) is 2.73. The number of amides is 2. The number of likely N-dealkylation sites (N-methyl/N-ethyl adjacent to an activating group) is 1. The SMILES string of the molecule is CCNC(=O)COc1ccc(NC(=O)c2cc(F)cc(F)c2)cc1. The van der Waals surface area contributed by atoms with Crippen molar-refractivity contribution in [2.75, 3.05) is 18.5 Å². The fourth-order valence-corrected chi connectivity index (χ4v) is 1.92. The van der Waals surface area contributed by atoms with E-state index in [0.717, 1.165) is 12.1 Å². The third kappa shape index (κ3) is 5.05. The van der Waals surface area contributed by atoms with Gasteiger partial charge in [0, 0.05) is 23.9 Å². The van der Waals surface area contributed by atoms with E-state index in [1.807, 2.05) is 0 Å². The lowest BCUT2D eigenvalue weighted by Crippen LogP contribution is -2.28. The average Bonchev–Trinajstić information content (AvgIpc) is 2.53. The van der Waals surface area contributed by atoms with Crippen LogP contribution in [0.25, 0.3) is 0 Å². The smallest absolute Gasteiger partial charge is 0.257 e. The molecule has 0 aliphatic heterocycles. The number of carbonyl (C=O) groups excluding carboxylic acids is 2. The first-order chi connectivity index (χ1) is 11.5. The molecule has 0 radical (unpaired) electrons. The zero-order valence-corrected chi connectivity index (χ0v) is 12.9. The van der Waals surface area contributed by atoms with E-state index in [2.05, 4.69) is 10.6 Å². The molecule has 2 aromatic carbocycles. The van der Waals surface area contributed by atoms with Gasteiger partial charge in [0.1, 0.15) is 17.4 Å². The van der Waals surface area contributed by atoms with Gasteiger partial charge in [0.15, 0.2) is 6.61 Å². The topological polar surface area (TPSA) is 67.4 Å². The molecule has 126 valence electrons. The van der Waals surface area contributed by atoms with E-state index in [4.69, 9.17) is 4.74 Å². The highest BCUT2D eigenvalue weighted by Crippen LogP contribution is 2.17. The normalized spacial score (nSPS) is 10.1. The number of rotatable bonds is 6. The number of hydrogen-bond donors (Lipinski definition) is 2. The molecule has 2 amide bonds. The van der Waals surface area contributed by atoms with Crippen LogP contribution in [0.4, 0.5) is 14.5 Å². The van der Waals surface area contributed by atoms with Crippen molar-refractivity contribution in [3.05, 3.63) is 59.7 Å². The highest BCUT2D eigenvalue weighted by Gasteiger charge is 2.10. The molecule has 0 aliphatic carbocycles. The van der Waals surface area contributed by atoms with Gasteiger partial charge in [-0.2, -0.15) is 0 Å². The second-order valence-corrected chi connectivity index (χ2v) is 4.88. The number of benzene rings is 2. The lowest BCUT2D eigenvalue weighted by atomic mass is 10.2. The Bertz CT molecular complexity index is 713. The van der Waals surface area contributed by atoms with Gasteiger partial charge >= 0.3 is 0 Å². The first-order valence-electron chi connectivity index (χ1n) is 7.25. The molecule has 2 N–H and O–H groups in total. The Morgan fingerprint density at radius 1 is 1.04 bits per heavy atom. The number of anilines is 1. The molecule has 0 saturated carbocycles. The fraction of sp³-hybridized carbons (Fsp3) is 0.176. The summed E-state index contributed by atoms with van der Waals surface area (Å²) in [5.41, 5.74) is 0.305. The van der Waals surface area contributed by atoms with Crippen molar-refractivity contribution >= 4 is 17.5 Å². The van der Waals surface area contributed by atoms with Crippen molar-refractivity contribution in [2.24, 2.45) is 0 Å². The minimum absolute atomic E-state index is 0.109. The van der Waals surface area contributed by atoms with Gasteiger partial charge in [-0.3, -0.25) is 9.59 Å². The number of halogens is 2. The largest absolute Gasteiger partial charge is 0.484 e. The lowest BCUT2D eigenvalue weighted by molar-refractivity contribution is -0.122. The number of ether oxygens (including phenoxy) is 1. The van der Waals surface area contributed by atoms with Crippen LogP contribution in [0.15, 0.2) is 42.5 Å². The minimum atomic E-state index is -0.825. The maximum Gasteiger partial charge on any atom is 0.257 e.